The minimum Gasteiger partial charge on any atom is -0.445 e. The molecule has 2 heterocycles. The van der Waals surface area contributed by atoms with Crippen molar-refractivity contribution in [2.24, 2.45) is 0 Å². The monoisotopic (exact) mass is 373 g/mol. The molecule has 0 spiro atoms. The molecular formula is C15H23N3O6S. The molecule has 10 heteroatoms. The zero-order chi connectivity index (χ0) is 18.6. The predicted octanol–water partition coefficient (Wildman–Crippen LogP) is 0.495. The summed E-state index contributed by atoms with van der Waals surface area (Å²) >= 11 is 0. The summed E-state index contributed by atoms with van der Waals surface area (Å²) in [6.07, 6.45) is 1.90. The van der Waals surface area contributed by atoms with Crippen LogP contribution >= 0.6 is 0 Å². The van der Waals surface area contributed by atoms with Crippen molar-refractivity contribution >= 4 is 16.2 Å². The van der Waals surface area contributed by atoms with E-state index in [9.17, 15) is 18.3 Å². The normalized spacial score (nSPS) is 20.7. The standard InChI is InChI=1S/C15H23N3O6S/c1-4-5-23-15(20)18-8-12(24-25(3,21)22)6-11(18)7-14-13(9-19)10(2)16-17-14/h4,11-12,19H,1,5-9H2,2-3H3,(H,16,17). The van der Waals surface area contributed by atoms with Gasteiger partial charge in [0, 0.05) is 23.7 Å². The molecule has 1 saturated heterocycles. The summed E-state index contributed by atoms with van der Waals surface area (Å²) in [6, 6.07) is -0.350. The molecule has 25 heavy (non-hydrogen) atoms. The summed E-state index contributed by atoms with van der Waals surface area (Å²) in [5.74, 6) is 0. The van der Waals surface area contributed by atoms with Gasteiger partial charge in [0.25, 0.3) is 10.1 Å². The van der Waals surface area contributed by atoms with Gasteiger partial charge >= 0.3 is 6.09 Å². The summed E-state index contributed by atoms with van der Waals surface area (Å²) in [7, 11) is -3.64. The molecule has 2 unspecified atom stereocenters. The van der Waals surface area contributed by atoms with Crippen molar-refractivity contribution in [3.8, 4) is 0 Å². The number of ether oxygens (including phenoxy) is 1. The fourth-order valence-electron chi connectivity index (χ4n) is 2.93. The molecule has 2 N–H and O–H groups in total. The van der Waals surface area contributed by atoms with Crippen LogP contribution < -0.4 is 0 Å². The van der Waals surface area contributed by atoms with Gasteiger partial charge in [0.15, 0.2) is 0 Å². The first-order chi connectivity index (χ1) is 11.7. The van der Waals surface area contributed by atoms with E-state index in [-0.39, 0.29) is 25.8 Å². The minimum atomic E-state index is -3.64. The van der Waals surface area contributed by atoms with E-state index in [4.69, 9.17) is 8.92 Å². The summed E-state index contributed by atoms with van der Waals surface area (Å²) in [4.78, 5) is 13.7. The van der Waals surface area contributed by atoms with Crippen LogP contribution in [0.1, 0.15) is 23.4 Å². The summed E-state index contributed by atoms with van der Waals surface area (Å²) in [5, 5.41) is 16.4. The molecule has 2 rings (SSSR count). The van der Waals surface area contributed by atoms with Gasteiger partial charge in [-0.15, -0.1) is 0 Å². The largest absolute Gasteiger partial charge is 0.445 e. The Hall–Kier alpha value is -1.91. The van der Waals surface area contributed by atoms with Crippen LogP contribution in [0.15, 0.2) is 12.7 Å². The number of hydrogen-bond acceptors (Lipinski definition) is 7. The lowest BCUT2D eigenvalue weighted by molar-refractivity contribution is 0.104. The van der Waals surface area contributed by atoms with Gasteiger partial charge in [-0.25, -0.2) is 4.79 Å². The summed E-state index contributed by atoms with van der Waals surface area (Å²) in [5.41, 5.74) is 2.05. The highest BCUT2D eigenvalue weighted by Crippen LogP contribution is 2.26. The maximum Gasteiger partial charge on any atom is 0.410 e. The number of likely N-dealkylation sites (tertiary alicyclic amines) is 1. The highest BCUT2D eigenvalue weighted by molar-refractivity contribution is 7.86. The van der Waals surface area contributed by atoms with Crippen molar-refractivity contribution < 1.29 is 27.2 Å². The van der Waals surface area contributed by atoms with E-state index >= 15 is 0 Å². The Morgan fingerprint density at radius 2 is 2.28 bits per heavy atom. The molecule has 1 amide bonds. The first-order valence-corrected chi connectivity index (χ1v) is 9.63. The number of nitrogens with one attached hydrogen (secondary N) is 1. The van der Waals surface area contributed by atoms with Crippen LogP contribution in [0, 0.1) is 6.92 Å². The van der Waals surface area contributed by atoms with Crippen molar-refractivity contribution in [2.45, 2.75) is 38.5 Å². The number of rotatable bonds is 7. The second kappa shape index (κ2) is 7.98. The molecule has 1 aromatic heterocycles. The van der Waals surface area contributed by atoms with Crippen LogP contribution in [0.3, 0.4) is 0 Å². The van der Waals surface area contributed by atoms with Crippen molar-refractivity contribution in [2.75, 3.05) is 19.4 Å². The molecule has 1 fully saturated rings. The van der Waals surface area contributed by atoms with Gasteiger partial charge in [-0.05, 0) is 13.3 Å². The Balaban J connectivity index is 2.17. The van der Waals surface area contributed by atoms with Gasteiger partial charge in [0.05, 0.1) is 31.2 Å². The average Bonchev–Trinajstić information content (AvgIpc) is 3.07. The number of hydrogen-bond donors (Lipinski definition) is 2. The highest BCUT2D eigenvalue weighted by Gasteiger charge is 2.39. The predicted molar refractivity (Wildman–Crippen MR) is 89.3 cm³/mol. The average molecular weight is 373 g/mol. The molecule has 9 nitrogen and oxygen atoms in total. The lowest BCUT2D eigenvalue weighted by Crippen LogP contribution is -2.38. The van der Waals surface area contributed by atoms with E-state index in [1.165, 1.54) is 11.0 Å². The first kappa shape index (κ1) is 19.4. The number of aromatic amines is 1. The number of aryl methyl sites for hydroxylation is 1. The van der Waals surface area contributed by atoms with Crippen molar-refractivity contribution in [3.05, 3.63) is 29.6 Å². The second-order valence-corrected chi connectivity index (χ2v) is 7.57. The van der Waals surface area contributed by atoms with Crippen LogP contribution in [-0.4, -0.2) is 66.3 Å². The fourth-order valence-corrected chi connectivity index (χ4v) is 3.56. The molecule has 0 radical (unpaired) electrons. The van der Waals surface area contributed by atoms with Crippen molar-refractivity contribution in [3.63, 3.8) is 0 Å². The van der Waals surface area contributed by atoms with Gasteiger partial charge in [-0.1, -0.05) is 12.7 Å². The third kappa shape index (κ3) is 5.03. The second-order valence-electron chi connectivity index (χ2n) is 5.97. The zero-order valence-corrected chi connectivity index (χ0v) is 15.1. The quantitative estimate of drug-likeness (QED) is 0.527. The number of nitrogens with zero attached hydrogens (tertiary/aromatic N) is 2. The van der Waals surface area contributed by atoms with Crippen LogP contribution in [0.2, 0.25) is 0 Å². The number of H-pyrrole nitrogens is 1. The van der Waals surface area contributed by atoms with Crippen LogP contribution in [-0.2, 0) is 32.1 Å². The number of aliphatic hydroxyl groups excluding tert-OH is 1. The molecule has 0 aliphatic carbocycles. The summed E-state index contributed by atoms with van der Waals surface area (Å²) < 4.78 is 32.9. The van der Waals surface area contributed by atoms with Gasteiger partial charge in [0.2, 0.25) is 0 Å². The Bertz CT molecular complexity index is 730. The van der Waals surface area contributed by atoms with E-state index in [1.807, 2.05) is 0 Å². The molecule has 1 aromatic rings. The number of amides is 1. The van der Waals surface area contributed by atoms with Crippen LogP contribution in [0.4, 0.5) is 4.79 Å². The lowest BCUT2D eigenvalue weighted by atomic mass is 10.0. The summed E-state index contributed by atoms with van der Waals surface area (Å²) in [6.45, 7) is 5.28. The molecule has 0 aromatic carbocycles. The van der Waals surface area contributed by atoms with E-state index in [0.717, 1.165) is 11.9 Å². The zero-order valence-electron chi connectivity index (χ0n) is 14.3. The van der Waals surface area contributed by atoms with E-state index in [2.05, 4.69) is 16.8 Å². The maximum atomic E-state index is 12.2. The number of aromatic nitrogens is 2. The molecule has 2 atom stereocenters. The number of carbonyl (C=O) groups excluding carboxylic acids is 1. The van der Waals surface area contributed by atoms with Crippen LogP contribution in [0.5, 0.6) is 0 Å². The van der Waals surface area contributed by atoms with E-state index < -0.39 is 22.3 Å². The third-order valence-electron chi connectivity index (χ3n) is 3.99. The fraction of sp³-hybridized carbons (Fsp3) is 0.600. The van der Waals surface area contributed by atoms with Crippen molar-refractivity contribution in [1.29, 1.82) is 0 Å². The third-order valence-corrected chi connectivity index (χ3v) is 4.61. The molecule has 140 valence electrons. The van der Waals surface area contributed by atoms with Crippen molar-refractivity contribution in [1.82, 2.24) is 15.1 Å². The van der Waals surface area contributed by atoms with Gasteiger partial charge in [-0.2, -0.15) is 13.5 Å². The Kier molecular flexibility index (Phi) is 6.20. The minimum absolute atomic E-state index is 0.0586. The highest BCUT2D eigenvalue weighted by atomic mass is 32.2. The first-order valence-electron chi connectivity index (χ1n) is 7.81. The number of aliphatic hydroxyl groups is 1. The molecule has 1 aliphatic heterocycles. The van der Waals surface area contributed by atoms with E-state index in [1.54, 1.807) is 6.92 Å². The topological polar surface area (TPSA) is 122 Å². The van der Waals surface area contributed by atoms with Gasteiger partial charge in [0.1, 0.15) is 6.61 Å². The molecule has 0 saturated carbocycles. The molecule has 1 aliphatic rings. The van der Waals surface area contributed by atoms with Gasteiger partial charge in [-0.3, -0.25) is 9.28 Å². The Morgan fingerprint density at radius 3 is 2.88 bits per heavy atom. The Morgan fingerprint density at radius 1 is 1.56 bits per heavy atom. The SMILES string of the molecule is C=CCOC(=O)N1CC(OS(C)(=O)=O)CC1Cc1n[nH]c(C)c1CO. The van der Waals surface area contributed by atoms with E-state index in [0.29, 0.717) is 24.1 Å². The van der Waals surface area contributed by atoms with Gasteiger partial charge < -0.3 is 14.7 Å². The number of carbonyl (C=O) groups is 1. The smallest absolute Gasteiger partial charge is 0.410 e. The maximum absolute atomic E-state index is 12.2. The molecular weight excluding hydrogens is 350 g/mol. The molecule has 0 bridgehead atoms. The Labute approximate surface area is 146 Å². The van der Waals surface area contributed by atoms with Crippen LogP contribution in [0.25, 0.3) is 0 Å². The lowest BCUT2D eigenvalue weighted by Gasteiger charge is -2.23.